The summed E-state index contributed by atoms with van der Waals surface area (Å²) in [7, 11) is 0. The number of benzene rings is 1. The van der Waals surface area contributed by atoms with Crippen LogP contribution in [0.5, 0.6) is 0 Å². The van der Waals surface area contributed by atoms with Crippen LogP contribution in [0.4, 0.5) is 8.78 Å². The van der Waals surface area contributed by atoms with E-state index in [-0.39, 0.29) is 19.2 Å². The molecular formula is C15H19F2NO2. The number of piperidine rings is 1. The molecule has 1 aliphatic heterocycles. The molecule has 1 N–H and O–H groups in total. The van der Waals surface area contributed by atoms with Crippen molar-refractivity contribution < 1.29 is 18.7 Å². The van der Waals surface area contributed by atoms with Gasteiger partial charge in [0.15, 0.2) is 5.78 Å². The summed E-state index contributed by atoms with van der Waals surface area (Å²) in [4.78, 5) is 14.0. The third-order valence-electron chi connectivity index (χ3n) is 3.80. The normalized spacial score (nSPS) is 20.1. The second-order valence-electron chi connectivity index (χ2n) is 5.15. The van der Waals surface area contributed by atoms with Crippen molar-refractivity contribution in [2.75, 3.05) is 19.7 Å². The molecule has 3 nitrogen and oxygen atoms in total. The fourth-order valence-corrected chi connectivity index (χ4v) is 2.77. The van der Waals surface area contributed by atoms with Crippen LogP contribution in [0.15, 0.2) is 18.2 Å². The lowest BCUT2D eigenvalue weighted by Gasteiger charge is -2.34. The molecule has 0 aliphatic carbocycles. The topological polar surface area (TPSA) is 40.5 Å². The summed E-state index contributed by atoms with van der Waals surface area (Å²) >= 11 is 0. The number of hydrogen-bond donors (Lipinski definition) is 1. The van der Waals surface area contributed by atoms with E-state index in [1.807, 2.05) is 4.90 Å². The van der Waals surface area contributed by atoms with Crippen molar-refractivity contribution >= 4 is 5.78 Å². The van der Waals surface area contributed by atoms with E-state index < -0.39 is 23.0 Å². The Balaban J connectivity index is 2.10. The lowest BCUT2D eigenvalue weighted by atomic mass is 9.98. The van der Waals surface area contributed by atoms with E-state index in [0.717, 1.165) is 37.9 Å². The molecule has 1 heterocycles. The summed E-state index contributed by atoms with van der Waals surface area (Å²) in [6.45, 7) is 0.790. The quantitative estimate of drug-likeness (QED) is 0.844. The Morgan fingerprint density at radius 3 is 2.65 bits per heavy atom. The lowest BCUT2D eigenvalue weighted by molar-refractivity contribution is 0.0791. The summed E-state index contributed by atoms with van der Waals surface area (Å²) in [5.74, 6) is -2.16. The molecule has 0 spiro atoms. The largest absolute Gasteiger partial charge is 0.396 e. The van der Waals surface area contributed by atoms with Crippen molar-refractivity contribution in [3.8, 4) is 0 Å². The number of likely N-dealkylation sites (tertiary alicyclic amines) is 1. The van der Waals surface area contributed by atoms with Crippen molar-refractivity contribution in [3.05, 3.63) is 35.4 Å². The maximum absolute atomic E-state index is 13.6. The van der Waals surface area contributed by atoms with Crippen molar-refractivity contribution in [2.24, 2.45) is 0 Å². The smallest absolute Gasteiger partial charge is 0.182 e. The van der Waals surface area contributed by atoms with Gasteiger partial charge < -0.3 is 5.11 Å². The maximum atomic E-state index is 13.6. The van der Waals surface area contributed by atoms with Crippen LogP contribution < -0.4 is 0 Å². The van der Waals surface area contributed by atoms with Crippen molar-refractivity contribution in [3.63, 3.8) is 0 Å². The minimum Gasteiger partial charge on any atom is -0.396 e. The fraction of sp³-hybridized carbons (Fsp3) is 0.533. The van der Waals surface area contributed by atoms with Crippen molar-refractivity contribution in [1.82, 2.24) is 4.90 Å². The second-order valence-corrected chi connectivity index (χ2v) is 5.15. The molecule has 1 fully saturated rings. The number of Topliss-reactive ketones (excluding diaryl/α,β-unsaturated/α-hetero) is 1. The van der Waals surface area contributed by atoms with Gasteiger partial charge in [-0.1, -0.05) is 12.5 Å². The zero-order chi connectivity index (χ0) is 14.5. The van der Waals surface area contributed by atoms with Gasteiger partial charge in [0.2, 0.25) is 0 Å². The summed E-state index contributed by atoms with van der Waals surface area (Å²) in [5, 5.41) is 9.04. The standard InChI is InChI=1S/C15H19F2NO2/c16-12-5-3-6-13(17)15(12)14(20)10-18-8-2-1-4-11(18)7-9-19/h3,5-6,11,19H,1-2,4,7-10H2. The van der Waals surface area contributed by atoms with E-state index in [1.54, 1.807) is 0 Å². The third-order valence-corrected chi connectivity index (χ3v) is 3.80. The number of halogens is 2. The third kappa shape index (κ3) is 3.41. The average Bonchev–Trinajstić information content (AvgIpc) is 2.41. The molecule has 0 bridgehead atoms. The van der Waals surface area contributed by atoms with Gasteiger partial charge in [-0.05, 0) is 37.9 Å². The minimum atomic E-state index is -0.814. The number of rotatable bonds is 5. The van der Waals surface area contributed by atoms with Gasteiger partial charge in [0.05, 0.1) is 12.1 Å². The molecule has 1 saturated heterocycles. The van der Waals surface area contributed by atoms with E-state index in [9.17, 15) is 13.6 Å². The first-order valence-electron chi connectivity index (χ1n) is 6.95. The highest BCUT2D eigenvalue weighted by Gasteiger charge is 2.26. The Labute approximate surface area is 117 Å². The van der Waals surface area contributed by atoms with Gasteiger partial charge >= 0.3 is 0 Å². The van der Waals surface area contributed by atoms with Crippen molar-refractivity contribution in [1.29, 1.82) is 0 Å². The molecule has 110 valence electrons. The van der Waals surface area contributed by atoms with E-state index >= 15 is 0 Å². The first-order valence-corrected chi connectivity index (χ1v) is 6.95. The van der Waals surface area contributed by atoms with Crippen LogP contribution in [0.2, 0.25) is 0 Å². The highest BCUT2D eigenvalue weighted by molar-refractivity contribution is 5.98. The van der Waals surface area contributed by atoms with Crippen molar-refractivity contribution in [2.45, 2.75) is 31.7 Å². The SMILES string of the molecule is O=C(CN1CCCCC1CCO)c1c(F)cccc1F. The van der Waals surface area contributed by atoms with Crippen LogP contribution in [0.3, 0.4) is 0 Å². The van der Waals surface area contributed by atoms with Crippen LogP contribution in [-0.4, -0.2) is 41.5 Å². The predicted octanol–water partition coefficient (Wildman–Crippen LogP) is 2.38. The van der Waals surface area contributed by atoms with Gasteiger partial charge in [-0.25, -0.2) is 8.78 Å². The molecule has 0 aromatic heterocycles. The van der Waals surface area contributed by atoms with Crippen LogP contribution in [0.25, 0.3) is 0 Å². The van der Waals surface area contributed by atoms with Gasteiger partial charge in [0.1, 0.15) is 11.6 Å². The summed E-state index contributed by atoms with van der Waals surface area (Å²) in [5.41, 5.74) is -0.458. The zero-order valence-electron chi connectivity index (χ0n) is 11.3. The van der Waals surface area contributed by atoms with E-state index in [2.05, 4.69) is 0 Å². The Morgan fingerprint density at radius 1 is 1.30 bits per heavy atom. The fourth-order valence-electron chi connectivity index (χ4n) is 2.77. The molecule has 1 aromatic rings. The van der Waals surface area contributed by atoms with Gasteiger partial charge in [-0.15, -0.1) is 0 Å². The molecule has 1 unspecified atom stereocenters. The molecule has 0 radical (unpaired) electrons. The van der Waals surface area contributed by atoms with Gasteiger partial charge in [-0.2, -0.15) is 0 Å². The number of ketones is 1. The first-order chi connectivity index (χ1) is 9.63. The predicted molar refractivity (Wildman–Crippen MR) is 71.6 cm³/mol. The molecule has 1 aromatic carbocycles. The van der Waals surface area contributed by atoms with E-state index in [1.165, 1.54) is 6.07 Å². The number of nitrogens with zero attached hydrogens (tertiary/aromatic N) is 1. The Kier molecular flexibility index (Phi) is 5.20. The Hall–Kier alpha value is -1.33. The Bertz CT molecular complexity index is 457. The summed E-state index contributed by atoms with van der Waals surface area (Å²) in [6.07, 6.45) is 3.53. The van der Waals surface area contributed by atoms with E-state index in [0.29, 0.717) is 6.42 Å². The molecular weight excluding hydrogens is 264 g/mol. The van der Waals surface area contributed by atoms with Crippen LogP contribution >= 0.6 is 0 Å². The highest BCUT2D eigenvalue weighted by atomic mass is 19.1. The monoisotopic (exact) mass is 283 g/mol. The molecule has 0 saturated carbocycles. The highest BCUT2D eigenvalue weighted by Crippen LogP contribution is 2.21. The molecule has 2 rings (SSSR count). The first kappa shape index (κ1) is 15.1. The van der Waals surface area contributed by atoms with Gasteiger partial charge in [0, 0.05) is 12.6 Å². The zero-order valence-corrected chi connectivity index (χ0v) is 11.3. The number of carbonyl (C=O) groups is 1. The average molecular weight is 283 g/mol. The van der Waals surface area contributed by atoms with Crippen LogP contribution in [0, 0.1) is 11.6 Å². The minimum absolute atomic E-state index is 0.00250. The molecule has 20 heavy (non-hydrogen) atoms. The molecule has 1 aliphatic rings. The molecule has 5 heteroatoms. The van der Waals surface area contributed by atoms with Crippen LogP contribution in [0.1, 0.15) is 36.0 Å². The number of hydrogen-bond acceptors (Lipinski definition) is 3. The van der Waals surface area contributed by atoms with E-state index in [4.69, 9.17) is 5.11 Å². The number of carbonyl (C=O) groups excluding carboxylic acids is 1. The van der Waals surface area contributed by atoms with Gasteiger partial charge in [0.25, 0.3) is 0 Å². The van der Waals surface area contributed by atoms with Crippen LogP contribution in [-0.2, 0) is 0 Å². The second kappa shape index (κ2) is 6.90. The maximum Gasteiger partial charge on any atom is 0.182 e. The van der Waals surface area contributed by atoms with Gasteiger partial charge in [-0.3, -0.25) is 9.69 Å². The number of aliphatic hydroxyl groups excluding tert-OH is 1. The number of aliphatic hydroxyl groups is 1. The summed E-state index contributed by atoms with van der Waals surface area (Å²) in [6, 6.07) is 3.55. The summed E-state index contributed by atoms with van der Waals surface area (Å²) < 4.78 is 27.2. The lowest BCUT2D eigenvalue weighted by Crippen LogP contribution is -2.43. The molecule has 1 atom stereocenters. The Morgan fingerprint density at radius 2 is 2.00 bits per heavy atom. The molecule has 0 amide bonds.